The third kappa shape index (κ3) is 2.53. The number of hydrogen-bond acceptors (Lipinski definition) is 2. The summed E-state index contributed by atoms with van der Waals surface area (Å²) in [6.45, 7) is 7.71. The molecule has 0 saturated heterocycles. The minimum atomic E-state index is 0.267. The van der Waals surface area contributed by atoms with Crippen LogP contribution in [0.25, 0.3) is 0 Å². The molecule has 17 heavy (non-hydrogen) atoms. The lowest BCUT2D eigenvalue weighted by Crippen LogP contribution is -2.34. The van der Waals surface area contributed by atoms with Crippen molar-refractivity contribution in [3.05, 3.63) is 29.8 Å². The molecule has 2 atom stereocenters. The third-order valence-electron chi connectivity index (χ3n) is 4.37. The van der Waals surface area contributed by atoms with Crippen molar-refractivity contribution in [1.29, 1.82) is 0 Å². The molecule has 2 rings (SSSR count). The molecule has 0 saturated carbocycles. The Labute approximate surface area is 109 Å². The average Bonchev–Trinajstić information content (AvgIpc) is 2.72. The Morgan fingerprint density at radius 1 is 1.41 bits per heavy atom. The van der Waals surface area contributed by atoms with Crippen LogP contribution >= 0.6 is 11.8 Å². The van der Waals surface area contributed by atoms with E-state index in [-0.39, 0.29) is 5.41 Å². The molecule has 1 aliphatic rings. The van der Waals surface area contributed by atoms with Gasteiger partial charge >= 0.3 is 0 Å². The zero-order valence-electron chi connectivity index (χ0n) is 11.1. The van der Waals surface area contributed by atoms with Gasteiger partial charge in [-0.2, -0.15) is 0 Å². The second kappa shape index (κ2) is 5.03. The van der Waals surface area contributed by atoms with E-state index in [1.54, 1.807) is 0 Å². The summed E-state index contributed by atoms with van der Waals surface area (Å²) in [5, 5.41) is 0. The first-order valence-electron chi connectivity index (χ1n) is 6.48. The highest BCUT2D eigenvalue weighted by atomic mass is 32.2. The van der Waals surface area contributed by atoms with Gasteiger partial charge in [0.25, 0.3) is 0 Å². The van der Waals surface area contributed by atoms with Crippen molar-refractivity contribution in [2.75, 3.05) is 12.3 Å². The van der Waals surface area contributed by atoms with Crippen LogP contribution in [-0.2, 0) is 0 Å². The quantitative estimate of drug-likeness (QED) is 0.876. The number of rotatable bonds is 4. The van der Waals surface area contributed by atoms with Crippen LogP contribution in [-0.4, -0.2) is 12.3 Å². The van der Waals surface area contributed by atoms with Gasteiger partial charge in [-0.05, 0) is 41.8 Å². The number of fused-ring (bicyclic) bond motifs is 1. The molecule has 2 N–H and O–H groups in total. The molecule has 0 aliphatic carbocycles. The van der Waals surface area contributed by atoms with Gasteiger partial charge < -0.3 is 5.73 Å². The summed E-state index contributed by atoms with van der Waals surface area (Å²) in [4.78, 5) is 1.47. The zero-order chi connectivity index (χ0) is 12.5. The minimum Gasteiger partial charge on any atom is -0.330 e. The lowest BCUT2D eigenvalue weighted by molar-refractivity contribution is 0.197. The van der Waals surface area contributed by atoms with Crippen LogP contribution in [0.4, 0.5) is 0 Å². The minimum absolute atomic E-state index is 0.267. The fraction of sp³-hybridized carbons (Fsp3) is 0.600. The summed E-state index contributed by atoms with van der Waals surface area (Å²) in [5.74, 6) is 2.55. The smallest absolute Gasteiger partial charge is 0.0107 e. The molecule has 0 radical (unpaired) electrons. The monoisotopic (exact) mass is 249 g/mol. The second-order valence-electron chi connectivity index (χ2n) is 5.76. The zero-order valence-corrected chi connectivity index (χ0v) is 11.9. The van der Waals surface area contributed by atoms with E-state index in [4.69, 9.17) is 5.73 Å². The predicted molar refractivity (Wildman–Crippen MR) is 76.5 cm³/mol. The van der Waals surface area contributed by atoms with Gasteiger partial charge in [-0.25, -0.2) is 0 Å². The van der Waals surface area contributed by atoms with Gasteiger partial charge in [0.2, 0.25) is 0 Å². The predicted octanol–water partition coefficient (Wildman–Crippen LogP) is 3.89. The SMILES string of the molecule is CC(C)C(C)(CN)CC1CSc2ccccc21. The van der Waals surface area contributed by atoms with Crippen LogP contribution in [0.3, 0.4) is 0 Å². The molecule has 2 heteroatoms. The second-order valence-corrected chi connectivity index (χ2v) is 6.82. The first-order chi connectivity index (χ1) is 8.07. The molecule has 1 aromatic rings. The molecule has 2 unspecified atom stereocenters. The molecule has 94 valence electrons. The van der Waals surface area contributed by atoms with Crippen LogP contribution in [0.1, 0.15) is 38.7 Å². The molecule has 0 spiro atoms. The summed E-state index contributed by atoms with van der Waals surface area (Å²) in [6.07, 6.45) is 1.21. The van der Waals surface area contributed by atoms with E-state index in [9.17, 15) is 0 Å². The highest BCUT2D eigenvalue weighted by Crippen LogP contribution is 2.46. The maximum Gasteiger partial charge on any atom is 0.0107 e. The van der Waals surface area contributed by atoms with Crippen molar-refractivity contribution in [2.24, 2.45) is 17.1 Å². The Bertz CT molecular complexity index is 388. The summed E-state index contributed by atoms with van der Waals surface area (Å²) in [7, 11) is 0. The fourth-order valence-electron chi connectivity index (χ4n) is 2.52. The summed E-state index contributed by atoms with van der Waals surface area (Å²) in [6, 6.07) is 8.83. The summed E-state index contributed by atoms with van der Waals surface area (Å²) < 4.78 is 0. The van der Waals surface area contributed by atoms with Gasteiger partial charge in [-0.1, -0.05) is 39.0 Å². The number of benzene rings is 1. The van der Waals surface area contributed by atoms with Gasteiger partial charge in [-0.3, -0.25) is 0 Å². The normalized spacial score (nSPS) is 22.5. The van der Waals surface area contributed by atoms with Crippen LogP contribution in [0.15, 0.2) is 29.2 Å². The maximum absolute atomic E-state index is 6.00. The summed E-state index contributed by atoms with van der Waals surface area (Å²) in [5.41, 5.74) is 7.81. The molecule has 1 nitrogen and oxygen atoms in total. The molecule has 1 aliphatic heterocycles. The van der Waals surface area contributed by atoms with Crippen LogP contribution < -0.4 is 5.73 Å². The molecule has 1 aromatic carbocycles. The molecule has 0 amide bonds. The van der Waals surface area contributed by atoms with E-state index < -0.39 is 0 Å². The molecular formula is C15H23NS. The number of nitrogens with two attached hydrogens (primary N) is 1. The Hall–Kier alpha value is -0.470. The van der Waals surface area contributed by atoms with Crippen LogP contribution in [0.5, 0.6) is 0 Å². The Morgan fingerprint density at radius 2 is 2.12 bits per heavy atom. The van der Waals surface area contributed by atoms with Gasteiger partial charge in [0.1, 0.15) is 0 Å². The standard InChI is InChI=1S/C15H23NS/c1-11(2)15(3,10-16)8-12-9-17-14-7-5-4-6-13(12)14/h4-7,11-12H,8-10,16H2,1-3H3. The third-order valence-corrected chi connectivity index (χ3v) is 5.62. The first kappa shape index (κ1) is 13.0. The topological polar surface area (TPSA) is 26.0 Å². The van der Waals surface area contributed by atoms with Crippen LogP contribution in [0.2, 0.25) is 0 Å². The van der Waals surface area contributed by atoms with E-state index in [2.05, 4.69) is 45.0 Å². The van der Waals surface area contributed by atoms with E-state index in [1.165, 1.54) is 22.6 Å². The Morgan fingerprint density at radius 3 is 2.76 bits per heavy atom. The average molecular weight is 249 g/mol. The van der Waals surface area contributed by atoms with Crippen molar-refractivity contribution >= 4 is 11.8 Å². The molecule has 0 aromatic heterocycles. The summed E-state index contributed by atoms with van der Waals surface area (Å²) >= 11 is 2.00. The molecule has 0 fully saturated rings. The van der Waals surface area contributed by atoms with Crippen LogP contribution in [0, 0.1) is 11.3 Å². The molecule has 1 heterocycles. The molecular weight excluding hydrogens is 226 g/mol. The highest BCUT2D eigenvalue weighted by Gasteiger charge is 2.33. The lowest BCUT2D eigenvalue weighted by atomic mass is 9.72. The van der Waals surface area contributed by atoms with Gasteiger partial charge in [0, 0.05) is 10.6 Å². The van der Waals surface area contributed by atoms with Crippen molar-refractivity contribution in [3.8, 4) is 0 Å². The van der Waals surface area contributed by atoms with Gasteiger partial charge in [0.05, 0.1) is 0 Å². The van der Waals surface area contributed by atoms with E-state index in [0.717, 1.165) is 6.54 Å². The highest BCUT2D eigenvalue weighted by molar-refractivity contribution is 7.99. The number of thioether (sulfide) groups is 1. The Kier molecular flexibility index (Phi) is 3.84. The van der Waals surface area contributed by atoms with E-state index in [0.29, 0.717) is 11.8 Å². The largest absolute Gasteiger partial charge is 0.330 e. The van der Waals surface area contributed by atoms with Crippen molar-refractivity contribution < 1.29 is 0 Å². The number of hydrogen-bond donors (Lipinski definition) is 1. The van der Waals surface area contributed by atoms with Gasteiger partial charge in [-0.15, -0.1) is 11.8 Å². The fourth-order valence-corrected chi connectivity index (χ4v) is 3.77. The molecule has 0 bridgehead atoms. The van der Waals surface area contributed by atoms with Crippen molar-refractivity contribution in [1.82, 2.24) is 0 Å². The maximum atomic E-state index is 6.00. The van der Waals surface area contributed by atoms with E-state index >= 15 is 0 Å². The van der Waals surface area contributed by atoms with Gasteiger partial charge in [0.15, 0.2) is 0 Å². The van der Waals surface area contributed by atoms with Crippen molar-refractivity contribution in [3.63, 3.8) is 0 Å². The lowest BCUT2D eigenvalue weighted by Gasteiger charge is -2.35. The Balaban J connectivity index is 2.16. The van der Waals surface area contributed by atoms with E-state index in [1.807, 2.05) is 11.8 Å². The first-order valence-corrected chi connectivity index (χ1v) is 7.47. The van der Waals surface area contributed by atoms with Crippen molar-refractivity contribution in [2.45, 2.75) is 38.0 Å².